The number of amides is 2. The van der Waals surface area contributed by atoms with Gasteiger partial charge in [0.25, 0.3) is 5.91 Å². The van der Waals surface area contributed by atoms with Gasteiger partial charge in [0.15, 0.2) is 5.01 Å². The number of hydrogen-bond donors (Lipinski definition) is 1. The number of likely N-dealkylation sites (tertiary alicyclic amines) is 1. The maximum absolute atomic E-state index is 12.6. The highest BCUT2D eigenvalue weighted by Crippen LogP contribution is 2.25. The minimum atomic E-state index is -0.359. The maximum Gasteiger partial charge on any atom is 0.411 e. The lowest BCUT2D eigenvalue weighted by Crippen LogP contribution is -2.53. The van der Waals surface area contributed by atoms with Crippen LogP contribution in [-0.4, -0.2) is 59.7 Å². The van der Waals surface area contributed by atoms with E-state index < -0.39 is 0 Å². The number of hydrogen-bond acceptors (Lipinski definition) is 6. The van der Waals surface area contributed by atoms with Crippen LogP contribution in [0.25, 0.3) is 0 Å². The van der Waals surface area contributed by atoms with Crippen LogP contribution in [-0.2, 0) is 17.7 Å². The molecule has 2 aliphatic rings. The van der Waals surface area contributed by atoms with Gasteiger partial charge in [-0.25, -0.2) is 9.78 Å². The second kappa shape index (κ2) is 7.48. The summed E-state index contributed by atoms with van der Waals surface area (Å²) in [5, 5.41) is 3.46. The van der Waals surface area contributed by atoms with Crippen molar-refractivity contribution in [3.05, 3.63) is 15.6 Å². The molecule has 3 rings (SSSR count). The summed E-state index contributed by atoms with van der Waals surface area (Å²) in [4.78, 5) is 34.2. The lowest BCUT2D eigenvalue weighted by atomic mass is 10.1. The first-order valence-corrected chi connectivity index (χ1v) is 9.31. The highest BCUT2D eigenvalue weighted by molar-refractivity contribution is 7.13. The van der Waals surface area contributed by atoms with Gasteiger partial charge in [-0.2, -0.15) is 0 Å². The number of rotatable bonds is 3. The zero-order valence-electron chi connectivity index (χ0n) is 14.2. The van der Waals surface area contributed by atoms with Gasteiger partial charge in [-0.05, 0) is 33.2 Å². The number of piperidine rings is 1. The molecule has 2 aliphatic heterocycles. The Morgan fingerprint density at radius 1 is 1.38 bits per heavy atom. The molecule has 1 atom stereocenters. The number of fused-ring (bicyclic) bond motifs is 1. The summed E-state index contributed by atoms with van der Waals surface area (Å²) < 4.78 is 5.09. The lowest BCUT2D eigenvalue weighted by Gasteiger charge is -2.34. The Labute approximate surface area is 146 Å². The largest absolute Gasteiger partial charge is 0.450 e. The summed E-state index contributed by atoms with van der Waals surface area (Å²) in [6.07, 6.45) is 2.88. The molecular formula is C16H24N4O3S. The fraction of sp³-hybridized carbons (Fsp3) is 0.688. The molecule has 0 radical (unpaired) electrons. The third-order valence-corrected chi connectivity index (χ3v) is 5.50. The molecule has 0 saturated carbocycles. The minimum Gasteiger partial charge on any atom is -0.450 e. The molecule has 0 spiro atoms. The number of aromatic nitrogens is 1. The molecule has 0 aliphatic carbocycles. The molecule has 1 aromatic heterocycles. The second-order valence-corrected chi connectivity index (χ2v) is 7.34. The highest BCUT2D eigenvalue weighted by atomic mass is 32.1. The molecule has 0 aromatic carbocycles. The van der Waals surface area contributed by atoms with Crippen LogP contribution in [0.15, 0.2) is 0 Å². The first-order valence-electron chi connectivity index (χ1n) is 8.50. The van der Waals surface area contributed by atoms with E-state index in [4.69, 9.17) is 4.74 Å². The quantitative estimate of drug-likeness (QED) is 0.898. The van der Waals surface area contributed by atoms with Gasteiger partial charge >= 0.3 is 6.09 Å². The van der Waals surface area contributed by atoms with Crippen molar-refractivity contribution in [2.75, 3.05) is 26.7 Å². The fourth-order valence-corrected chi connectivity index (χ4v) is 4.23. The smallest absolute Gasteiger partial charge is 0.411 e. The maximum atomic E-state index is 12.6. The fourth-order valence-electron chi connectivity index (χ4n) is 3.14. The van der Waals surface area contributed by atoms with Gasteiger partial charge in [0.2, 0.25) is 0 Å². The normalized spacial score (nSPS) is 21.2. The van der Waals surface area contributed by atoms with E-state index in [1.807, 2.05) is 0 Å². The summed E-state index contributed by atoms with van der Waals surface area (Å²) in [6.45, 7) is 4.55. The van der Waals surface area contributed by atoms with Crippen LogP contribution in [0.1, 0.15) is 46.6 Å². The van der Waals surface area contributed by atoms with E-state index in [-0.39, 0.29) is 18.2 Å². The van der Waals surface area contributed by atoms with E-state index in [2.05, 4.69) is 22.2 Å². The van der Waals surface area contributed by atoms with Crippen LogP contribution in [0.3, 0.4) is 0 Å². The molecular weight excluding hydrogens is 328 g/mol. The van der Waals surface area contributed by atoms with Crippen molar-refractivity contribution in [2.45, 2.75) is 45.3 Å². The lowest BCUT2D eigenvalue weighted by molar-refractivity contribution is 0.0608. The number of ether oxygens (including phenoxy) is 1. The van der Waals surface area contributed by atoms with Crippen LogP contribution >= 0.6 is 11.3 Å². The predicted octanol–water partition coefficient (Wildman–Crippen LogP) is 1.83. The number of thiazole rings is 1. The molecule has 0 bridgehead atoms. The van der Waals surface area contributed by atoms with Gasteiger partial charge in [0.05, 0.1) is 12.3 Å². The number of nitrogens with one attached hydrogen (secondary N) is 1. The van der Waals surface area contributed by atoms with Crippen LogP contribution in [0.5, 0.6) is 0 Å². The summed E-state index contributed by atoms with van der Waals surface area (Å²) in [6, 6.07) is 0. The Balaban J connectivity index is 1.68. The monoisotopic (exact) mass is 352 g/mol. The standard InChI is InChI=1S/C16H24N4O3S/c1-3-23-16(22)20-8-5-4-6-13(20)18-14(21)15-17-11-7-9-19(2)10-12(11)24-15/h13H,3-10H2,1-2H3,(H,18,21). The molecule has 1 unspecified atom stereocenters. The zero-order chi connectivity index (χ0) is 17.1. The van der Waals surface area contributed by atoms with E-state index in [1.165, 1.54) is 16.2 Å². The van der Waals surface area contributed by atoms with E-state index in [1.54, 1.807) is 11.8 Å². The van der Waals surface area contributed by atoms with Crippen LogP contribution in [0.2, 0.25) is 0 Å². The average Bonchev–Trinajstić information content (AvgIpc) is 2.98. The van der Waals surface area contributed by atoms with Crippen molar-refractivity contribution in [1.29, 1.82) is 0 Å². The molecule has 132 valence electrons. The van der Waals surface area contributed by atoms with Crippen LogP contribution in [0.4, 0.5) is 4.79 Å². The number of carbonyl (C=O) groups excluding carboxylic acids is 2. The Bertz CT molecular complexity index is 618. The third-order valence-electron chi connectivity index (χ3n) is 4.42. The van der Waals surface area contributed by atoms with Crippen molar-refractivity contribution in [2.24, 2.45) is 0 Å². The minimum absolute atomic E-state index is 0.196. The average molecular weight is 352 g/mol. The summed E-state index contributed by atoms with van der Waals surface area (Å²) in [7, 11) is 2.07. The van der Waals surface area contributed by atoms with Crippen molar-refractivity contribution >= 4 is 23.3 Å². The molecule has 3 heterocycles. The molecule has 7 nitrogen and oxygen atoms in total. The van der Waals surface area contributed by atoms with Crippen molar-refractivity contribution < 1.29 is 14.3 Å². The Hall–Kier alpha value is -1.67. The van der Waals surface area contributed by atoms with Gasteiger partial charge in [-0.3, -0.25) is 9.69 Å². The van der Waals surface area contributed by atoms with Gasteiger partial charge in [0, 0.05) is 30.9 Å². The summed E-state index contributed by atoms with van der Waals surface area (Å²) in [5.74, 6) is -0.196. The molecule has 24 heavy (non-hydrogen) atoms. The van der Waals surface area contributed by atoms with E-state index in [9.17, 15) is 9.59 Å². The van der Waals surface area contributed by atoms with Gasteiger partial charge < -0.3 is 15.0 Å². The Morgan fingerprint density at radius 3 is 3.00 bits per heavy atom. The molecule has 8 heteroatoms. The first kappa shape index (κ1) is 17.2. The SMILES string of the molecule is CCOC(=O)N1CCCCC1NC(=O)c1nc2c(s1)CN(C)CC2. The van der Waals surface area contributed by atoms with Gasteiger partial charge in [-0.1, -0.05) is 0 Å². The molecule has 1 N–H and O–H groups in total. The van der Waals surface area contributed by atoms with Gasteiger partial charge in [-0.15, -0.1) is 11.3 Å². The summed E-state index contributed by atoms with van der Waals surface area (Å²) in [5.41, 5.74) is 1.04. The van der Waals surface area contributed by atoms with E-state index in [0.29, 0.717) is 18.2 Å². The van der Waals surface area contributed by atoms with Crippen LogP contribution in [0, 0.1) is 0 Å². The predicted molar refractivity (Wildman–Crippen MR) is 91.0 cm³/mol. The first-order chi connectivity index (χ1) is 11.6. The van der Waals surface area contributed by atoms with Crippen molar-refractivity contribution in [3.8, 4) is 0 Å². The Morgan fingerprint density at radius 2 is 2.21 bits per heavy atom. The molecule has 2 amide bonds. The molecule has 1 saturated heterocycles. The summed E-state index contributed by atoms with van der Waals surface area (Å²) >= 11 is 1.46. The van der Waals surface area contributed by atoms with Crippen molar-refractivity contribution in [1.82, 2.24) is 20.1 Å². The second-order valence-electron chi connectivity index (χ2n) is 6.25. The topological polar surface area (TPSA) is 74.8 Å². The molecule has 1 aromatic rings. The van der Waals surface area contributed by atoms with Crippen molar-refractivity contribution in [3.63, 3.8) is 0 Å². The third kappa shape index (κ3) is 3.70. The Kier molecular flexibility index (Phi) is 5.35. The number of carbonyl (C=O) groups is 2. The van der Waals surface area contributed by atoms with Gasteiger partial charge in [0.1, 0.15) is 6.17 Å². The van der Waals surface area contributed by atoms with Crippen LogP contribution < -0.4 is 5.32 Å². The molecule has 1 fully saturated rings. The number of likely N-dealkylation sites (N-methyl/N-ethyl adjacent to an activating group) is 1. The number of nitrogens with zero attached hydrogens (tertiary/aromatic N) is 3. The zero-order valence-corrected chi connectivity index (χ0v) is 15.0. The van der Waals surface area contributed by atoms with E-state index in [0.717, 1.165) is 44.5 Å². The highest BCUT2D eigenvalue weighted by Gasteiger charge is 2.30. The van der Waals surface area contributed by atoms with E-state index >= 15 is 0 Å².